The first kappa shape index (κ1) is 16.7. The molecule has 0 aliphatic carbocycles. The second kappa shape index (κ2) is 7.45. The molecular weight excluding hydrogens is 276 g/mol. The average Bonchev–Trinajstić information content (AvgIpc) is 2.38. The van der Waals surface area contributed by atoms with Gasteiger partial charge in [-0.25, -0.2) is 8.42 Å². The number of aromatic hydroxyl groups is 1. The lowest BCUT2D eigenvalue weighted by Crippen LogP contribution is -2.07. The van der Waals surface area contributed by atoms with Crippen molar-refractivity contribution in [3.05, 3.63) is 30.3 Å². The molecule has 0 saturated carbocycles. The molecule has 0 saturated heterocycles. The second-order valence-electron chi connectivity index (χ2n) is 4.92. The van der Waals surface area contributed by atoms with Crippen molar-refractivity contribution < 1.29 is 18.6 Å². The molecule has 20 heavy (non-hydrogen) atoms. The lowest BCUT2D eigenvalue weighted by Gasteiger charge is -2.08. The zero-order chi connectivity index (χ0) is 15.2. The van der Waals surface area contributed by atoms with Gasteiger partial charge in [0.15, 0.2) is 9.84 Å². The quantitative estimate of drug-likeness (QED) is 0.724. The summed E-state index contributed by atoms with van der Waals surface area (Å²) in [6.07, 6.45) is 2.90. The molecule has 0 heterocycles. The van der Waals surface area contributed by atoms with Gasteiger partial charge in [-0.3, -0.25) is 0 Å². The molecule has 0 aliphatic rings. The van der Waals surface area contributed by atoms with E-state index in [0.717, 1.165) is 12.8 Å². The van der Waals surface area contributed by atoms with E-state index < -0.39 is 9.84 Å². The maximum absolute atomic E-state index is 12.2. The summed E-state index contributed by atoms with van der Waals surface area (Å²) < 4.78 is 24.4. The van der Waals surface area contributed by atoms with E-state index >= 15 is 0 Å². The van der Waals surface area contributed by atoms with Crippen LogP contribution in [-0.2, 0) is 9.84 Å². The highest BCUT2D eigenvalue weighted by Gasteiger charge is 2.16. The first-order chi connectivity index (χ1) is 9.38. The fourth-order valence-corrected chi connectivity index (χ4v) is 3.32. The van der Waals surface area contributed by atoms with Gasteiger partial charge in [-0.15, -0.1) is 0 Å². The van der Waals surface area contributed by atoms with Crippen LogP contribution in [0.2, 0.25) is 0 Å². The Bertz CT molecular complexity index is 561. The third-order valence-electron chi connectivity index (χ3n) is 3.11. The number of unbranched alkanes of at least 4 members (excludes halogenated alkanes) is 3. The molecule has 0 radical (unpaired) electrons. The number of aliphatic hydroxyl groups excluding tert-OH is 1. The van der Waals surface area contributed by atoms with Crippen LogP contribution in [0.4, 0.5) is 0 Å². The maximum atomic E-state index is 12.2. The van der Waals surface area contributed by atoms with Crippen molar-refractivity contribution in [1.29, 1.82) is 0 Å². The lowest BCUT2D eigenvalue weighted by molar-refractivity contribution is 0.283. The smallest absolute Gasteiger partial charge is 0.178 e. The van der Waals surface area contributed by atoms with Crippen LogP contribution in [0.15, 0.2) is 29.7 Å². The summed E-state index contributed by atoms with van der Waals surface area (Å²) in [7, 11) is -3.33. The minimum absolute atomic E-state index is 0.0411. The molecule has 5 heteroatoms. The van der Waals surface area contributed by atoms with Gasteiger partial charge in [-0.2, -0.15) is 0 Å². The molecule has 0 spiro atoms. The second-order valence-corrected chi connectivity index (χ2v) is 7.03. The van der Waals surface area contributed by atoms with Gasteiger partial charge in [0.2, 0.25) is 0 Å². The van der Waals surface area contributed by atoms with E-state index in [0.29, 0.717) is 24.0 Å². The van der Waals surface area contributed by atoms with E-state index in [1.807, 2.05) is 0 Å². The lowest BCUT2D eigenvalue weighted by atomic mass is 10.1. The fraction of sp³-hybridized carbons (Fsp3) is 0.467. The van der Waals surface area contributed by atoms with E-state index in [1.165, 1.54) is 18.2 Å². The number of phenols is 1. The molecule has 1 aromatic carbocycles. The number of rotatable bonds is 8. The minimum atomic E-state index is -3.33. The van der Waals surface area contributed by atoms with Crippen molar-refractivity contribution in [2.45, 2.75) is 37.5 Å². The first-order valence-electron chi connectivity index (χ1n) is 6.71. The van der Waals surface area contributed by atoms with Gasteiger partial charge in [0.05, 0.1) is 10.6 Å². The van der Waals surface area contributed by atoms with E-state index in [4.69, 9.17) is 5.11 Å². The van der Waals surface area contributed by atoms with Gasteiger partial charge in [-0.05, 0) is 43.5 Å². The molecule has 0 aromatic heterocycles. The van der Waals surface area contributed by atoms with Gasteiger partial charge in [0.1, 0.15) is 5.75 Å². The van der Waals surface area contributed by atoms with Crippen LogP contribution >= 0.6 is 0 Å². The Morgan fingerprint density at radius 1 is 1.20 bits per heavy atom. The van der Waals surface area contributed by atoms with E-state index in [9.17, 15) is 13.5 Å². The molecule has 0 aliphatic heterocycles. The Morgan fingerprint density at radius 3 is 2.45 bits per heavy atom. The molecule has 0 atom stereocenters. The predicted octanol–water partition coefficient (Wildman–Crippen LogP) is 2.75. The maximum Gasteiger partial charge on any atom is 0.178 e. The summed E-state index contributed by atoms with van der Waals surface area (Å²) in [5, 5.41) is 18.3. The Morgan fingerprint density at radius 2 is 1.85 bits per heavy atom. The van der Waals surface area contributed by atoms with Crippen molar-refractivity contribution >= 4 is 15.4 Å². The Hall–Kier alpha value is -1.33. The van der Waals surface area contributed by atoms with E-state index in [2.05, 4.69) is 6.58 Å². The molecule has 0 bridgehead atoms. The molecule has 0 unspecified atom stereocenters. The minimum Gasteiger partial charge on any atom is -0.507 e. The first-order valence-corrected chi connectivity index (χ1v) is 8.36. The van der Waals surface area contributed by atoms with Crippen LogP contribution in [0, 0.1) is 0 Å². The summed E-state index contributed by atoms with van der Waals surface area (Å²) in [5.41, 5.74) is 1.09. The largest absolute Gasteiger partial charge is 0.507 e. The SMILES string of the molecule is C=C(C)c1cc(S(=O)(=O)CCCCCCO)ccc1O. The third kappa shape index (κ3) is 4.65. The fourth-order valence-electron chi connectivity index (χ4n) is 1.93. The number of benzene rings is 1. The summed E-state index contributed by atoms with van der Waals surface area (Å²) in [6, 6.07) is 4.29. The zero-order valence-corrected chi connectivity index (χ0v) is 12.6. The third-order valence-corrected chi connectivity index (χ3v) is 4.91. The number of hydrogen-bond acceptors (Lipinski definition) is 4. The van der Waals surface area contributed by atoms with Gasteiger partial charge < -0.3 is 10.2 Å². The highest BCUT2D eigenvalue weighted by molar-refractivity contribution is 7.91. The Labute approximate surface area is 120 Å². The van der Waals surface area contributed by atoms with Crippen molar-refractivity contribution in [2.75, 3.05) is 12.4 Å². The van der Waals surface area contributed by atoms with E-state index in [1.54, 1.807) is 6.92 Å². The van der Waals surface area contributed by atoms with Crippen LogP contribution in [0.3, 0.4) is 0 Å². The number of phenolic OH excluding ortho intramolecular Hbond substituents is 1. The summed E-state index contributed by atoms with van der Waals surface area (Å²) >= 11 is 0. The van der Waals surface area contributed by atoms with Crippen LogP contribution in [0.5, 0.6) is 5.75 Å². The van der Waals surface area contributed by atoms with E-state index in [-0.39, 0.29) is 23.0 Å². The Balaban J connectivity index is 2.77. The highest BCUT2D eigenvalue weighted by atomic mass is 32.2. The average molecular weight is 298 g/mol. The van der Waals surface area contributed by atoms with Gasteiger partial charge in [0.25, 0.3) is 0 Å². The van der Waals surface area contributed by atoms with Crippen LogP contribution in [-0.4, -0.2) is 31.0 Å². The van der Waals surface area contributed by atoms with Gasteiger partial charge >= 0.3 is 0 Å². The van der Waals surface area contributed by atoms with Gasteiger partial charge in [-0.1, -0.05) is 19.4 Å². The molecule has 112 valence electrons. The molecule has 0 amide bonds. The summed E-state index contributed by atoms with van der Waals surface area (Å²) in [6.45, 7) is 5.59. The van der Waals surface area contributed by atoms with Crippen molar-refractivity contribution in [1.82, 2.24) is 0 Å². The number of allylic oxidation sites excluding steroid dienone is 1. The summed E-state index contributed by atoms with van der Waals surface area (Å²) in [4.78, 5) is 0.218. The zero-order valence-electron chi connectivity index (χ0n) is 11.8. The van der Waals surface area contributed by atoms with Crippen molar-refractivity contribution in [3.8, 4) is 5.75 Å². The standard InChI is InChI=1S/C15H22O4S/c1-12(2)14-11-13(7-8-15(14)17)20(18,19)10-6-4-3-5-9-16/h7-8,11,16-17H,1,3-6,9-10H2,2H3. The summed E-state index contributed by atoms with van der Waals surface area (Å²) in [5.74, 6) is 0.123. The molecule has 4 nitrogen and oxygen atoms in total. The number of aliphatic hydroxyl groups is 1. The topological polar surface area (TPSA) is 74.6 Å². The van der Waals surface area contributed by atoms with Crippen molar-refractivity contribution in [3.63, 3.8) is 0 Å². The predicted molar refractivity (Wildman–Crippen MR) is 80.4 cm³/mol. The number of hydrogen-bond donors (Lipinski definition) is 2. The number of sulfone groups is 1. The monoisotopic (exact) mass is 298 g/mol. The van der Waals surface area contributed by atoms with Crippen LogP contribution < -0.4 is 0 Å². The molecular formula is C15H22O4S. The highest BCUT2D eigenvalue weighted by Crippen LogP contribution is 2.27. The molecule has 1 rings (SSSR count). The van der Waals surface area contributed by atoms with Crippen molar-refractivity contribution in [2.24, 2.45) is 0 Å². The molecule has 1 aromatic rings. The Kier molecular flexibility index (Phi) is 6.23. The normalized spacial score (nSPS) is 11.5. The van der Waals surface area contributed by atoms with Crippen LogP contribution in [0.1, 0.15) is 38.2 Å². The molecule has 2 N–H and O–H groups in total. The van der Waals surface area contributed by atoms with Gasteiger partial charge in [0, 0.05) is 12.2 Å². The van der Waals surface area contributed by atoms with Crippen LogP contribution in [0.25, 0.3) is 5.57 Å². The molecule has 0 fully saturated rings.